The summed E-state index contributed by atoms with van der Waals surface area (Å²) in [5, 5.41) is 2.87. The van der Waals surface area contributed by atoms with E-state index in [4.69, 9.17) is 0 Å². The van der Waals surface area contributed by atoms with Crippen LogP contribution in [0.25, 0.3) is 0 Å². The molecular formula is C13H21ClN2O2S. The largest absolute Gasteiger partial charge is 0.378 e. The third-order valence-electron chi connectivity index (χ3n) is 3.37. The van der Waals surface area contributed by atoms with Gasteiger partial charge in [0, 0.05) is 26.3 Å². The van der Waals surface area contributed by atoms with E-state index < -0.39 is 9.84 Å². The lowest BCUT2D eigenvalue weighted by Gasteiger charge is -2.23. The topological polar surface area (TPSA) is 49.4 Å². The first-order chi connectivity index (χ1) is 8.51. The van der Waals surface area contributed by atoms with Gasteiger partial charge in [0.25, 0.3) is 0 Å². The molecule has 108 valence electrons. The SMILES string of the molecule is CN(C)c1ccc(S(=O)(=O)C2CCCNC2)cc1.Cl. The zero-order valence-electron chi connectivity index (χ0n) is 11.3. The van der Waals surface area contributed by atoms with Crippen LogP contribution in [0.5, 0.6) is 0 Å². The van der Waals surface area contributed by atoms with Gasteiger partial charge in [0.1, 0.15) is 0 Å². The maximum Gasteiger partial charge on any atom is 0.182 e. The maximum absolute atomic E-state index is 12.4. The van der Waals surface area contributed by atoms with Gasteiger partial charge in [0.2, 0.25) is 0 Å². The van der Waals surface area contributed by atoms with Gasteiger partial charge in [0.15, 0.2) is 9.84 Å². The molecule has 1 aromatic carbocycles. The van der Waals surface area contributed by atoms with Crippen LogP contribution in [-0.4, -0.2) is 40.9 Å². The van der Waals surface area contributed by atoms with Crippen molar-refractivity contribution in [1.82, 2.24) is 5.32 Å². The van der Waals surface area contributed by atoms with Crippen molar-refractivity contribution in [1.29, 1.82) is 0 Å². The number of anilines is 1. The maximum atomic E-state index is 12.4. The number of halogens is 1. The Kier molecular flexibility index (Phi) is 5.64. The number of hydrogen-bond acceptors (Lipinski definition) is 4. The molecule has 1 unspecified atom stereocenters. The molecule has 1 N–H and O–H groups in total. The van der Waals surface area contributed by atoms with E-state index in [1.54, 1.807) is 12.1 Å². The van der Waals surface area contributed by atoms with Crippen LogP contribution in [0.2, 0.25) is 0 Å². The molecule has 0 aliphatic carbocycles. The predicted octanol–water partition coefficient (Wildman–Crippen LogP) is 1.70. The molecule has 19 heavy (non-hydrogen) atoms. The highest BCUT2D eigenvalue weighted by molar-refractivity contribution is 7.92. The van der Waals surface area contributed by atoms with E-state index in [0.717, 1.165) is 25.1 Å². The minimum atomic E-state index is -3.19. The third-order valence-corrected chi connectivity index (χ3v) is 5.58. The second kappa shape index (κ2) is 6.59. The van der Waals surface area contributed by atoms with Crippen LogP contribution < -0.4 is 10.2 Å². The molecule has 6 heteroatoms. The number of sulfone groups is 1. The first-order valence-corrected chi connectivity index (χ1v) is 7.78. The molecule has 1 aromatic rings. The second-order valence-electron chi connectivity index (χ2n) is 4.90. The van der Waals surface area contributed by atoms with Gasteiger partial charge in [-0.2, -0.15) is 0 Å². The molecule has 0 bridgehead atoms. The summed E-state index contributed by atoms with van der Waals surface area (Å²) in [7, 11) is 0.693. The zero-order chi connectivity index (χ0) is 13.2. The molecule has 0 amide bonds. The quantitative estimate of drug-likeness (QED) is 0.923. The molecule has 0 saturated carbocycles. The molecule has 4 nitrogen and oxygen atoms in total. The summed E-state index contributed by atoms with van der Waals surface area (Å²) in [6, 6.07) is 7.12. The monoisotopic (exact) mass is 304 g/mol. The summed E-state index contributed by atoms with van der Waals surface area (Å²) in [4.78, 5) is 2.39. The first kappa shape index (κ1) is 16.3. The smallest absolute Gasteiger partial charge is 0.182 e. The van der Waals surface area contributed by atoms with Crippen LogP contribution in [0.4, 0.5) is 5.69 Å². The number of piperidine rings is 1. The lowest BCUT2D eigenvalue weighted by Crippen LogP contribution is -2.38. The Labute approximate surface area is 121 Å². The van der Waals surface area contributed by atoms with Crippen molar-refractivity contribution in [3.05, 3.63) is 24.3 Å². The Morgan fingerprint density at radius 1 is 1.21 bits per heavy atom. The summed E-state index contributed by atoms with van der Waals surface area (Å²) in [6.45, 7) is 1.49. The summed E-state index contributed by atoms with van der Waals surface area (Å²) in [5.74, 6) is 0. The average molecular weight is 305 g/mol. The highest BCUT2D eigenvalue weighted by Gasteiger charge is 2.28. The Morgan fingerprint density at radius 2 is 1.84 bits per heavy atom. The van der Waals surface area contributed by atoms with Gasteiger partial charge in [-0.05, 0) is 43.7 Å². The van der Waals surface area contributed by atoms with Gasteiger partial charge in [-0.15, -0.1) is 12.4 Å². The summed E-state index contributed by atoms with van der Waals surface area (Å²) < 4.78 is 24.8. The number of nitrogens with one attached hydrogen (secondary N) is 1. The molecule has 2 rings (SSSR count). The predicted molar refractivity (Wildman–Crippen MR) is 81.1 cm³/mol. The van der Waals surface area contributed by atoms with E-state index >= 15 is 0 Å². The van der Waals surface area contributed by atoms with Gasteiger partial charge in [-0.25, -0.2) is 8.42 Å². The van der Waals surface area contributed by atoms with Gasteiger partial charge in [-0.1, -0.05) is 0 Å². The lowest BCUT2D eigenvalue weighted by atomic mass is 10.2. The van der Waals surface area contributed by atoms with Crippen LogP contribution in [0.1, 0.15) is 12.8 Å². The summed E-state index contributed by atoms with van der Waals surface area (Å²) in [5.41, 5.74) is 1.01. The summed E-state index contributed by atoms with van der Waals surface area (Å²) >= 11 is 0. The third kappa shape index (κ3) is 3.61. The van der Waals surface area contributed by atoms with E-state index in [-0.39, 0.29) is 17.7 Å². The molecule has 1 aliphatic heterocycles. The van der Waals surface area contributed by atoms with Crippen LogP contribution >= 0.6 is 12.4 Å². The van der Waals surface area contributed by atoms with Gasteiger partial charge in [0.05, 0.1) is 10.1 Å². The molecular weight excluding hydrogens is 284 g/mol. The van der Waals surface area contributed by atoms with Crippen molar-refractivity contribution in [2.24, 2.45) is 0 Å². The van der Waals surface area contributed by atoms with Crippen molar-refractivity contribution in [3.63, 3.8) is 0 Å². The minimum absolute atomic E-state index is 0. The van der Waals surface area contributed by atoms with Crippen molar-refractivity contribution >= 4 is 27.9 Å². The molecule has 1 heterocycles. The van der Waals surface area contributed by atoms with E-state index in [0.29, 0.717) is 11.4 Å². The highest BCUT2D eigenvalue weighted by Crippen LogP contribution is 2.23. The number of benzene rings is 1. The fraction of sp³-hybridized carbons (Fsp3) is 0.538. The Balaban J connectivity index is 0.00000180. The Hall–Kier alpha value is -0.780. The summed E-state index contributed by atoms with van der Waals surface area (Å²) in [6.07, 6.45) is 1.68. The van der Waals surface area contributed by atoms with E-state index in [2.05, 4.69) is 5.32 Å². The van der Waals surface area contributed by atoms with Crippen molar-refractivity contribution in [3.8, 4) is 0 Å². The van der Waals surface area contributed by atoms with Crippen molar-refractivity contribution in [2.75, 3.05) is 32.1 Å². The van der Waals surface area contributed by atoms with E-state index in [1.807, 2.05) is 31.1 Å². The van der Waals surface area contributed by atoms with Crippen molar-refractivity contribution in [2.45, 2.75) is 23.0 Å². The molecule has 1 fully saturated rings. The van der Waals surface area contributed by atoms with Gasteiger partial charge >= 0.3 is 0 Å². The van der Waals surface area contributed by atoms with Crippen LogP contribution in [0.15, 0.2) is 29.2 Å². The zero-order valence-corrected chi connectivity index (χ0v) is 12.9. The Bertz CT molecular complexity index is 494. The fourth-order valence-corrected chi connectivity index (χ4v) is 3.93. The molecule has 1 saturated heterocycles. The number of nitrogens with zero attached hydrogens (tertiary/aromatic N) is 1. The van der Waals surface area contributed by atoms with Crippen LogP contribution in [0, 0.1) is 0 Å². The molecule has 0 radical (unpaired) electrons. The van der Waals surface area contributed by atoms with Gasteiger partial charge in [-0.3, -0.25) is 0 Å². The van der Waals surface area contributed by atoms with E-state index in [1.165, 1.54) is 0 Å². The average Bonchev–Trinajstić information content (AvgIpc) is 2.40. The Morgan fingerprint density at radius 3 is 2.32 bits per heavy atom. The fourth-order valence-electron chi connectivity index (χ4n) is 2.21. The first-order valence-electron chi connectivity index (χ1n) is 6.24. The van der Waals surface area contributed by atoms with Gasteiger partial charge < -0.3 is 10.2 Å². The van der Waals surface area contributed by atoms with E-state index in [9.17, 15) is 8.42 Å². The minimum Gasteiger partial charge on any atom is -0.378 e. The number of hydrogen-bond donors (Lipinski definition) is 1. The molecule has 0 aromatic heterocycles. The molecule has 1 aliphatic rings. The normalized spacial score (nSPS) is 19.6. The number of rotatable bonds is 3. The standard InChI is InChI=1S/C13H20N2O2S.ClH/c1-15(2)11-5-7-12(8-6-11)18(16,17)13-4-3-9-14-10-13;/h5-8,13-14H,3-4,9-10H2,1-2H3;1H. The highest BCUT2D eigenvalue weighted by atomic mass is 35.5. The second-order valence-corrected chi connectivity index (χ2v) is 7.13. The van der Waals surface area contributed by atoms with Crippen LogP contribution in [0.3, 0.4) is 0 Å². The molecule has 1 atom stereocenters. The van der Waals surface area contributed by atoms with Crippen LogP contribution in [-0.2, 0) is 9.84 Å². The molecule has 0 spiro atoms. The van der Waals surface area contributed by atoms with Crippen molar-refractivity contribution < 1.29 is 8.42 Å². The lowest BCUT2D eigenvalue weighted by molar-refractivity contribution is 0.497.